The number of ether oxygens (including phenoxy) is 1. The Labute approximate surface area is 173 Å². The summed E-state index contributed by atoms with van der Waals surface area (Å²) in [5, 5.41) is 14.0. The molecule has 1 aromatic heterocycles. The molecule has 0 saturated carbocycles. The number of halogens is 3. The van der Waals surface area contributed by atoms with Crippen molar-refractivity contribution in [3.8, 4) is 11.4 Å². The van der Waals surface area contributed by atoms with Gasteiger partial charge in [-0.15, -0.1) is 18.3 Å². The third kappa shape index (κ3) is 3.91. The van der Waals surface area contributed by atoms with Crippen LogP contribution >= 0.6 is 0 Å². The van der Waals surface area contributed by atoms with Crippen LogP contribution in [0.5, 0.6) is 5.75 Å². The van der Waals surface area contributed by atoms with Crippen LogP contribution in [0.25, 0.3) is 5.69 Å². The van der Waals surface area contributed by atoms with Crippen LogP contribution in [-0.2, 0) is 16.9 Å². The standard InChI is InChI=1S/C19H15F3N6O3/c1-18(12-7-9-14(10-8-12)31-19(20,21)22)16(29)27(17(30)23-18)11-15-24-25-26-28(15)13-5-3-2-4-6-13/h2-10H,11H2,1H3,(H,23,30). The largest absolute Gasteiger partial charge is 0.573 e. The highest BCUT2D eigenvalue weighted by molar-refractivity contribution is 6.07. The lowest BCUT2D eigenvalue weighted by molar-refractivity contribution is -0.274. The van der Waals surface area contributed by atoms with Gasteiger partial charge in [0, 0.05) is 0 Å². The normalized spacial score (nSPS) is 18.9. The van der Waals surface area contributed by atoms with Crippen LogP contribution in [-0.4, -0.2) is 43.4 Å². The third-order valence-electron chi connectivity index (χ3n) is 4.77. The van der Waals surface area contributed by atoms with Crippen LogP contribution in [0.4, 0.5) is 18.0 Å². The number of carbonyl (C=O) groups is 2. The van der Waals surface area contributed by atoms with Crippen molar-refractivity contribution in [3.05, 3.63) is 66.0 Å². The fraction of sp³-hybridized carbons (Fsp3) is 0.211. The molecule has 1 saturated heterocycles. The second-order valence-corrected chi connectivity index (χ2v) is 6.86. The first-order chi connectivity index (χ1) is 14.7. The van der Waals surface area contributed by atoms with Gasteiger partial charge in [-0.05, 0) is 47.2 Å². The van der Waals surface area contributed by atoms with Gasteiger partial charge in [-0.25, -0.2) is 4.79 Å². The lowest BCUT2D eigenvalue weighted by Gasteiger charge is -2.22. The van der Waals surface area contributed by atoms with Gasteiger partial charge in [0.05, 0.1) is 12.2 Å². The minimum atomic E-state index is -4.83. The highest BCUT2D eigenvalue weighted by Gasteiger charge is 2.49. The number of nitrogens with one attached hydrogen (secondary N) is 1. The van der Waals surface area contributed by atoms with E-state index in [1.54, 1.807) is 24.3 Å². The first-order valence-electron chi connectivity index (χ1n) is 9.00. The molecule has 160 valence electrons. The highest BCUT2D eigenvalue weighted by Crippen LogP contribution is 2.32. The maximum Gasteiger partial charge on any atom is 0.573 e. The predicted molar refractivity (Wildman–Crippen MR) is 98.7 cm³/mol. The SMILES string of the molecule is CC1(c2ccc(OC(F)(F)F)cc2)NC(=O)N(Cc2nnnn2-c2ccccc2)C1=O. The van der Waals surface area contributed by atoms with Crippen molar-refractivity contribution in [1.82, 2.24) is 30.4 Å². The van der Waals surface area contributed by atoms with E-state index in [4.69, 9.17) is 0 Å². The zero-order valence-corrected chi connectivity index (χ0v) is 16.0. The molecule has 0 bridgehead atoms. The molecular weight excluding hydrogens is 417 g/mol. The number of tetrazole rings is 1. The van der Waals surface area contributed by atoms with Gasteiger partial charge in [0.25, 0.3) is 5.91 Å². The number of hydrogen-bond donors (Lipinski definition) is 1. The van der Waals surface area contributed by atoms with Crippen molar-refractivity contribution >= 4 is 11.9 Å². The van der Waals surface area contributed by atoms with E-state index in [2.05, 4.69) is 25.6 Å². The Hall–Kier alpha value is -3.96. The molecule has 4 rings (SSSR count). The number of amides is 3. The second-order valence-electron chi connectivity index (χ2n) is 6.86. The zero-order valence-electron chi connectivity index (χ0n) is 16.0. The van der Waals surface area contributed by atoms with Crippen molar-refractivity contribution in [3.63, 3.8) is 0 Å². The van der Waals surface area contributed by atoms with Gasteiger partial charge >= 0.3 is 12.4 Å². The number of aromatic nitrogens is 4. The average molecular weight is 432 g/mol. The number of imide groups is 1. The Morgan fingerprint density at radius 2 is 1.74 bits per heavy atom. The Morgan fingerprint density at radius 1 is 1.06 bits per heavy atom. The molecule has 0 aliphatic carbocycles. The zero-order chi connectivity index (χ0) is 22.2. The number of nitrogens with zero attached hydrogens (tertiary/aromatic N) is 5. The van der Waals surface area contributed by atoms with E-state index in [-0.39, 0.29) is 12.4 Å². The van der Waals surface area contributed by atoms with E-state index < -0.39 is 29.6 Å². The van der Waals surface area contributed by atoms with Crippen LogP contribution in [0.2, 0.25) is 0 Å². The Bertz CT molecular complexity index is 1120. The molecule has 1 aliphatic heterocycles. The van der Waals surface area contributed by atoms with Gasteiger partial charge in [-0.1, -0.05) is 30.3 Å². The lowest BCUT2D eigenvalue weighted by atomic mass is 9.92. The molecule has 2 heterocycles. The number of carbonyl (C=O) groups excluding carboxylic acids is 2. The third-order valence-corrected chi connectivity index (χ3v) is 4.77. The number of benzene rings is 2. The van der Waals surface area contributed by atoms with E-state index in [1.165, 1.54) is 23.7 Å². The molecule has 1 atom stereocenters. The highest BCUT2D eigenvalue weighted by atomic mass is 19.4. The van der Waals surface area contributed by atoms with E-state index in [9.17, 15) is 22.8 Å². The van der Waals surface area contributed by atoms with Crippen LogP contribution < -0.4 is 10.1 Å². The number of rotatable bonds is 5. The smallest absolute Gasteiger partial charge is 0.406 e. The van der Waals surface area contributed by atoms with Crippen molar-refractivity contribution in [1.29, 1.82) is 0 Å². The quantitative estimate of drug-likeness (QED) is 0.622. The fourth-order valence-corrected chi connectivity index (χ4v) is 3.24. The summed E-state index contributed by atoms with van der Waals surface area (Å²) in [6, 6.07) is 13.0. The molecule has 0 spiro atoms. The van der Waals surface area contributed by atoms with Crippen molar-refractivity contribution in [2.24, 2.45) is 0 Å². The van der Waals surface area contributed by atoms with Crippen LogP contribution in [0.3, 0.4) is 0 Å². The first kappa shape index (κ1) is 20.3. The molecule has 31 heavy (non-hydrogen) atoms. The predicted octanol–water partition coefficient (Wildman–Crippen LogP) is 2.53. The number of hydrogen-bond acceptors (Lipinski definition) is 6. The summed E-state index contributed by atoms with van der Waals surface area (Å²) in [5.74, 6) is -0.770. The summed E-state index contributed by atoms with van der Waals surface area (Å²) in [7, 11) is 0. The van der Waals surface area contributed by atoms with Crippen molar-refractivity contribution < 1.29 is 27.5 Å². The summed E-state index contributed by atoms with van der Waals surface area (Å²) < 4.78 is 42.3. The van der Waals surface area contributed by atoms with Crippen molar-refractivity contribution in [2.45, 2.75) is 25.4 Å². The summed E-state index contributed by atoms with van der Waals surface area (Å²) >= 11 is 0. The Morgan fingerprint density at radius 3 is 2.39 bits per heavy atom. The van der Waals surface area contributed by atoms with Gasteiger partial charge in [-0.3, -0.25) is 9.69 Å². The van der Waals surface area contributed by atoms with Crippen LogP contribution in [0, 0.1) is 0 Å². The first-order valence-corrected chi connectivity index (χ1v) is 9.00. The maximum absolute atomic E-state index is 13.1. The van der Waals surface area contributed by atoms with E-state index >= 15 is 0 Å². The summed E-state index contributed by atoms with van der Waals surface area (Å²) in [4.78, 5) is 26.6. The topological polar surface area (TPSA) is 102 Å². The monoisotopic (exact) mass is 432 g/mol. The minimum Gasteiger partial charge on any atom is -0.406 e. The van der Waals surface area contributed by atoms with Gasteiger partial charge in [0.15, 0.2) is 5.82 Å². The molecular formula is C19H15F3N6O3. The fourth-order valence-electron chi connectivity index (χ4n) is 3.24. The van der Waals surface area contributed by atoms with Gasteiger partial charge in [0.1, 0.15) is 11.3 Å². The van der Waals surface area contributed by atoms with Crippen LogP contribution in [0.1, 0.15) is 18.3 Å². The molecule has 1 aliphatic rings. The molecule has 3 aromatic rings. The molecule has 9 nitrogen and oxygen atoms in total. The van der Waals surface area contributed by atoms with Crippen LogP contribution in [0.15, 0.2) is 54.6 Å². The van der Waals surface area contributed by atoms with Gasteiger partial charge < -0.3 is 10.1 Å². The van der Waals surface area contributed by atoms with E-state index in [0.29, 0.717) is 11.3 Å². The molecule has 1 unspecified atom stereocenters. The van der Waals surface area contributed by atoms with Gasteiger partial charge in [0.2, 0.25) is 0 Å². The molecule has 3 amide bonds. The second kappa shape index (κ2) is 7.38. The maximum atomic E-state index is 13.1. The average Bonchev–Trinajstić information content (AvgIpc) is 3.27. The molecule has 2 aromatic carbocycles. The number of alkyl halides is 3. The molecule has 12 heteroatoms. The Balaban J connectivity index is 1.56. The minimum absolute atomic E-state index is 0.197. The van der Waals surface area contributed by atoms with Gasteiger partial charge in [-0.2, -0.15) is 4.68 Å². The number of urea groups is 1. The Kier molecular flexibility index (Phi) is 4.84. The molecule has 1 fully saturated rings. The molecule has 0 radical (unpaired) electrons. The summed E-state index contributed by atoms with van der Waals surface area (Å²) in [6.07, 6.45) is -4.83. The summed E-state index contributed by atoms with van der Waals surface area (Å²) in [6.45, 7) is 1.27. The number of para-hydroxylation sites is 1. The lowest BCUT2D eigenvalue weighted by Crippen LogP contribution is -2.40. The van der Waals surface area contributed by atoms with E-state index in [0.717, 1.165) is 17.0 Å². The molecule has 1 N–H and O–H groups in total. The summed E-state index contributed by atoms with van der Waals surface area (Å²) in [5.41, 5.74) is -0.526. The van der Waals surface area contributed by atoms with Crippen molar-refractivity contribution in [2.75, 3.05) is 0 Å². The van der Waals surface area contributed by atoms with E-state index in [1.807, 2.05) is 6.07 Å².